The summed E-state index contributed by atoms with van der Waals surface area (Å²) in [5.41, 5.74) is 0.697. The molecule has 0 aliphatic carbocycles. The lowest BCUT2D eigenvalue weighted by Gasteiger charge is -2.07. The van der Waals surface area contributed by atoms with E-state index < -0.39 is 0 Å². The zero-order valence-electron chi connectivity index (χ0n) is 8.61. The van der Waals surface area contributed by atoms with Crippen LogP contribution in [0.15, 0.2) is 29.0 Å². The number of anilines is 1. The molecule has 2 rings (SSSR count). The maximum Gasteiger partial charge on any atom is 0.151 e. The first-order chi connectivity index (χ1) is 7.66. The van der Waals surface area contributed by atoms with Gasteiger partial charge in [0.15, 0.2) is 5.82 Å². The largest absolute Gasteiger partial charge is 0.377 e. The van der Waals surface area contributed by atoms with Gasteiger partial charge in [0.05, 0.1) is 12.2 Å². The van der Waals surface area contributed by atoms with Crippen molar-refractivity contribution in [3.05, 3.63) is 40.6 Å². The summed E-state index contributed by atoms with van der Waals surface area (Å²) in [5, 5.41) is 10.8. The van der Waals surface area contributed by atoms with Crippen molar-refractivity contribution in [1.82, 2.24) is 14.8 Å². The van der Waals surface area contributed by atoms with E-state index in [4.69, 9.17) is 0 Å². The van der Waals surface area contributed by atoms with Crippen LogP contribution in [0.3, 0.4) is 0 Å². The van der Waals surface area contributed by atoms with Crippen LogP contribution in [0.25, 0.3) is 0 Å². The van der Waals surface area contributed by atoms with E-state index >= 15 is 0 Å². The van der Waals surface area contributed by atoms with E-state index in [1.165, 1.54) is 12.1 Å². The minimum Gasteiger partial charge on any atom is -0.377 e. The number of rotatable bonds is 3. The van der Waals surface area contributed by atoms with Crippen LogP contribution in [0, 0.1) is 5.82 Å². The minimum absolute atomic E-state index is 0.274. The molecular weight excluding hydrogens is 275 g/mol. The van der Waals surface area contributed by atoms with Gasteiger partial charge in [-0.1, -0.05) is 0 Å². The monoisotopic (exact) mass is 284 g/mol. The number of benzene rings is 1. The van der Waals surface area contributed by atoms with Gasteiger partial charge >= 0.3 is 0 Å². The van der Waals surface area contributed by atoms with E-state index in [1.807, 2.05) is 7.05 Å². The van der Waals surface area contributed by atoms with Crippen LogP contribution < -0.4 is 5.32 Å². The Morgan fingerprint density at radius 2 is 2.31 bits per heavy atom. The summed E-state index contributed by atoms with van der Waals surface area (Å²) in [7, 11) is 1.86. The molecule has 0 amide bonds. The van der Waals surface area contributed by atoms with Crippen LogP contribution in [0.4, 0.5) is 10.1 Å². The highest BCUT2D eigenvalue weighted by Crippen LogP contribution is 2.23. The summed E-state index contributed by atoms with van der Waals surface area (Å²) >= 11 is 3.34. The van der Waals surface area contributed by atoms with Crippen LogP contribution in [0.1, 0.15) is 5.82 Å². The summed E-state index contributed by atoms with van der Waals surface area (Å²) in [5.74, 6) is 0.514. The molecule has 16 heavy (non-hydrogen) atoms. The molecule has 0 atom stereocenters. The zero-order valence-corrected chi connectivity index (χ0v) is 10.2. The standard InChI is InChI=1S/C10H10BrFN4/c1-16-6-14-15-10(16)5-13-9-4-7(12)2-3-8(9)11/h2-4,6,13H,5H2,1H3. The quantitative estimate of drug-likeness (QED) is 0.941. The molecule has 0 aliphatic rings. The number of nitrogens with zero attached hydrogens (tertiary/aromatic N) is 3. The molecule has 1 N–H and O–H groups in total. The van der Waals surface area contributed by atoms with Gasteiger partial charge in [-0.2, -0.15) is 0 Å². The summed E-state index contributed by atoms with van der Waals surface area (Å²) in [6.07, 6.45) is 1.62. The number of aryl methyl sites for hydroxylation is 1. The first-order valence-corrected chi connectivity index (χ1v) is 5.48. The number of nitrogens with one attached hydrogen (secondary N) is 1. The van der Waals surface area contributed by atoms with Gasteiger partial charge in [-0.05, 0) is 34.1 Å². The Hall–Kier alpha value is -1.43. The van der Waals surface area contributed by atoms with Crippen LogP contribution in [0.5, 0.6) is 0 Å². The molecule has 2 aromatic rings. The van der Waals surface area contributed by atoms with E-state index in [0.29, 0.717) is 12.2 Å². The van der Waals surface area contributed by atoms with Crippen molar-refractivity contribution >= 4 is 21.6 Å². The Morgan fingerprint density at radius 1 is 1.50 bits per heavy atom. The van der Waals surface area contributed by atoms with Gasteiger partial charge in [0.1, 0.15) is 12.1 Å². The lowest BCUT2D eigenvalue weighted by atomic mass is 10.3. The highest BCUT2D eigenvalue weighted by Gasteiger charge is 2.04. The Bertz CT molecular complexity index is 497. The molecule has 4 nitrogen and oxygen atoms in total. The van der Waals surface area contributed by atoms with Gasteiger partial charge in [-0.3, -0.25) is 0 Å². The second-order valence-corrected chi connectivity index (χ2v) is 4.19. The van der Waals surface area contributed by atoms with E-state index in [0.717, 1.165) is 10.3 Å². The number of hydrogen-bond donors (Lipinski definition) is 1. The molecule has 0 fully saturated rings. The van der Waals surface area contributed by atoms with Gasteiger partial charge in [0, 0.05) is 11.5 Å². The molecule has 6 heteroatoms. The number of aromatic nitrogens is 3. The van der Waals surface area contributed by atoms with Gasteiger partial charge in [-0.15, -0.1) is 10.2 Å². The van der Waals surface area contributed by atoms with E-state index in [-0.39, 0.29) is 5.82 Å². The maximum atomic E-state index is 13.0. The Morgan fingerprint density at radius 3 is 3.00 bits per heavy atom. The molecule has 1 heterocycles. The van der Waals surface area contributed by atoms with Crippen molar-refractivity contribution in [2.75, 3.05) is 5.32 Å². The Kier molecular flexibility index (Phi) is 3.19. The fourth-order valence-corrected chi connectivity index (χ4v) is 1.66. The second kappa shape index (κ2) is 4.61. The Labute approximate surface area is 101 Å². The van der Waals surface area contributed by atoms with E-state index in [1.54, 1.807) is 17.0 Å². The predicted octanol–water partition coefficient (Wildman–Crippen LogP) is 2.33. The molecule has 0 spiro atoms. The summed E-state index contributed by atoms with van der Waals surface area (Å²) < 4.78 is 15.6. The first kappa shape index (κ1) is 11.1. The number of halogens is 2. The lowest BCUT2D eigenvalue weighted by Crippen LogP contribution is -2.06. The van der Waals surface area contributed by atoms with Crippen LogP contribution >= 0.6 is 15.9 Å². The minimum atomic E-state index is -0.274. The highest BCUT2D eigenvalue weighted by atomic mass is 79.9. The Balaban J connectivity index is 2.10. The SMILES string of the molecule is Cn1cnnc1CNc1cc(F)ccc1Br. The van der Waals surface area contributed by atoms with Crippen molar-refractivity contribution in [3.8, 4) is 0 Å². The van der Waals surface area contributed by atoms with Gasteiger partial charge in [-0.25, -0.2) is 4.39 Å². The summed E-state index contributed by atoms with van der Waals surface area (Å²) in [4.78, 5) is 0. The van der Waals surface area contributed by atoms with Crippen molar-refractivity contribution in [2.24, 2.45) is 7.05 Å². The molecule has 0 saturated heterocycles. The molecule has 0 bridgehead atoms. The highest BCUT2D eigenvalue weighted by molar-refractivity contribution is 9.10. The second-order valence-electron chi connectivity index (χ2n) is 3.34. The van der Waals surface area contributed by atoms with E-state index in [9.17, 15) is 4.39 Å². The van der Waals surface area contributed by atoms with Crippen molar-refractivity contribution in [3.63, 3.8) is 0 Å². The topological polar surface area (TPSA) is 42.7 Å². The molecular formula is C10H10BrFN4. The maximum absolute atomic E-state index is 13.0. The summed E-state index contributed by atoms with van der Waals surface area (Å²) in [6.45, 7) is 0.499. The van der Waals surface area contributed by atoms with Gasteiger partial charge < -0.3 is 9.88 Å². The van der Waals surface area contributed by atoms with Crippen LogP contribution in [-0.4, -0.2) is 14.8 Å². The average Bonchev–Trinajstić information content (AvgIpc) is 2.66. The zero-order chi connectivity index (χ0) is 11.5. The molecule has 0 radical (unpaired) electrons. The lowest BCUT2D eigenvalue weighted by molar-refractivity contribution is 0.628. The fourth-order valence-electron chi connectivity index (χ4n) is 1.27. The normalized spacial score (nSPS) is 10.4. The van der Waals surface area contributed by atoms with E-state index in [2.05, 4.69) is 31.4 Å². The number of hydrogen-bond acceptors (Lipinski definition) is 3. The third kappa shape index (κ3) is 2.38. The molecule has 84 valence electrons. The summed E-state index contributed by atoms with van der Waals surface area (Å²) in [6, 6.07) is 4.49. The first-order valence-electron chi connectivity index (χ1n) is 4.68. The molecule has 0 aliphatic heterocycles. The van der Waals surface area contributed by atoms with Gasteiger partial charge in [0.25, 0.3) is 0 Å². The average molecular weight is 285 g/mol. The smallest absolute Gasteiger partial charge is 0.151 e. The third-order valence-electron chi connectivity index (χ3n) is 2.17. The van der Waals surface area contributed by atoms with Crippen molar-refractivity contribution in [2.45, 2.75) is 6.54 Å². The third-order valence-corrected chi connectivity index (χ3v) is 2.86. The molecule has 0 unspecified atom stereocenters. The van der Waals surface area contributed by atoms with Crippen molar-refractivity contribution in [1.29, 1.82) is 0 Å². The van der Waals surface area contributed by atoms with Crippen molar-refractivity contribution < 1.29 is 4.39 Å². The molecule has 0 saturated carbocycles. The molecule has 1 aromatic carbocycles. The predicted molar refractivity (Wildman–Crippen MR) is 62.4 cm³/mol. The van der Waals surface area contributed by atoms with Gasteiger partial charge in [0.2, 0.25) is 0 Å². The fraction of sp³-hybridized carbons (Fsp3) is 0.200. The van der Waals surface area contributed by atoms with Crippen LogP contribution in [0.2, 0.25) is 0 Å². The molecule has 1 aromatic heterocycles. The van der Waals surface area contributed by atoms with Crippen LogP contribution in [-0.2, 0) is 13.6 Å².